The number of hydrogen-bond acceptors (Lipinski definition) is 10. The number of aliphatic hydroxyl groups is 2. The Balaban J connectivity index is 3.18. The first-order chi connectivity index (χ1) is 15.7. The first-order valence-electron chi connectivity index (χ1n) is 10.4. The van der Waals surface area contributed by atoms with E-state index in [1.165, 1.54) is 13.8 Å². The van der Waals surface area contributed by atoms with Gasteiger partial charge in [0.25, 0.3) is 0 Å². The standard InChI is InChI=1S/C19H32N4O11/c1-7(17(30)22-10(16(21)29)4-5-12(26)27)23(9(3)25)18-13(20)15(33-8(2)19(31)32)14(28)11(6-24)34-18/h7-8,10-11,13-15,18,24,28H,4-6,20H2,1-3H3,(H2,21,29)(H,22,30)(H,26,27)(H,31,32)/t7-,8-,10+,11-,13-,14-,15-,18?/m0/s1. The van der Waals surface area contributed by atoms with Gasteiger partial charge in [0.15, 0.2) is 12.3 Å². The molecule has 1 heterocycles. The third kappa shape index (κ3) is 7.33. The summed E-state index contributed by atoms with van der Waals surface area (Å²) < 4.78 is 10.9. The van der Waals surface area contributed by atoms with Crippen molar-refractivity contribution in [3.8, 4) is 0 Å². The molecule has 34 heavy (non-hydrogen) atoms. The first-order valence-corrected chi connectivity index (χ1v) is 10.4. The largest absolute Gasteiger partial charge is 0.481 e. The highest BCUT2D eigenvalue weighted by Gasteiger charge is 2.49. The summed E-state index contributed by atoms with van der Waals surface area (Å²) in [6.45, 7) is 2.82. The molecule has 0 aromatic carbocycles. The highest BCUT2D eigenvalue weighted by Crippen LogP contribution is 2.27. The predicted molar refractivity (Wildman–Crippen MR) is 112 cm³/mol. The Labute approximate surface area is 195 Å². The van der Waals surface area contributed by atoms with Crippen molar-refractivity contribution in [3.63, 3.8) is 0 Å². The van der Waals surface area contributed by atoms with E-state index in [0.717, 1.165) is 11.8 Å². The van der Waals surface area contributed by atoms with E-state index in [1.807, 2.05) is 0 Å². The number of ether oxygens (including phenoxy) is 2. The minimum Gasteiger partial charge on any atom is -0.481 e. The molecule has 1 aliphatic rings. The molecule has 15 nitrogen and oxygen atoms in total. The van der Waals surface area contributed by atoms with Crippen LogP contribution in [0.2, 0.25) is 0 Å². The van der Waals surface area contributed by atoms with E-state index < -0.39 is 91.5 Å². The Morgan fingerprint density at radius 2 is 1.76 bits per heavy atom. The van der Waals surface area contributed by atoms with Gasteiger partial charge in [-0.15, -0.1) is 0 Å². The van der Waals surface area contributed by atoms with Gasteiger partial charge in [-0.2, -0.15) is 0 Å². The van der Waals surface area contributed by atoms with Crippen LogP contribution in [0.3, 0.4) is 0 Å². The van der Waals surface area contributed by atoms with Crippen LogP contribution in [0.1, 0.15) is 33.6 Å². The van der Waals surface area contributed by atoms with Crippen molar-refractivity contribution in [2.75, 3.05) is 6.61 Å². The van der Waals surface area contributed by atoms with Gasteiger partial charge in [0.2, 0.25) is 17.7 Å². The van der Waals surface area contributed by atoms with Crippen LogP contribution in [0.25, 0.3) is 0 Å². The average Bonchev–Trinajstić information content (AvgIpc) is 2.74. The lowest BCUT2D eigenvalue weighted by molar-refractivity contribution is -0.245. The molecule has 0 radical (unpaired) electrons. The summed E-state index contributed by atoms with van der Waals surface area (Å²) in [6.07, 6.45) is -7.87. The zero-order valence-electron chi connectivity index (χ0n) is 19.0. The average molecular weight is 492 g/mol. The maximum Gasteiger partial charge on any atom is 0.332 e. The van der Waals surface area contributed by atoms with Crippen LogP contribution in [0.4, 0.5) is 0 Å². The fraction of sp³-hybridized carbons (Fsp3) is 0.737. The number of carboxylic acids is 2. The molecule has 0 bridgehead atoms. The summed E-state index contributed by atoms with van der Waals surface area (Å²) in [5, 5.41) is 40.2. The van der Waals surface area contributed by atoms with Gasteiger partial charge in [0, 0.05) is 13.3 Å². The molecule has 0 aromatic rings. The van der Waals surface area contributed by atoms with Gasteiger partial charge in [-0.25, -0.2) is 4.79 Å². The number of nitrogens with one attached hydrogen (secondary N) is 1. The number of hydrogen-bond donors (Lipinski definition) is 7. The Kier molecular flexibility index (Phi) is 10.8. The number of aliphatic carboxylic acids is 2. The second-order valence-electron chi connectivity index (χ2n) is 7.89. The number of amides is 3. The quantitative estimate of drug-likeness (QED) is 0.139. The van der Waals surface area contributed by atoms with Crippen molar-refractivity contribution in [1.82, 2.24) is 10.2 Å². The predicted octanol–water partition coefficient (Wildman–Crippen LogP) is -3.68. The van der Waals surface area contributed by atoms with Crippen LogP contribution in [0.5, 0.6) is 0 Å². The molecule has 3 amide bonds. The second kappa shape index (κ2) is 12.6. The van der Waals surface area contributed by atoms with Crippen LogP contribution in [-0.4, -0.2) is 110 Å². The fourth-order valence-electron chi connectivity index (χ4n) is 3.46. The maximum atomic E-state index is 12.8. The Morgan fingerprint density at radius 3 is 2.21 bits per heavy atom. The molecule has 0 spiro atoms. The van der Waals surface area contributed by atoms with Gasteiger partial charge in [-0.05, 0) is 20.3 Å². The van der Waals surface area contributed by atoms with E-state index in [0.29, 0.717) is 0 Å². The number of carbonyl (C=O) groups is 5. The van der Waals surface area contributed by atoms with Gasteiger partial charge in [-0.3, -0.25) is 19.2 Å². The zero-order chi connectivity index (χ0) is 26.3. The zero-order valence-corrected chi connectivity index (χ0v) is 19.0. The van der Waals surface area contributed by atoms with Crippen molar-refractivity contribution < 1.29 is 53.9 Å². The van der Waals surface area contributed by atoms with Gasteiger partial charge in [-0.1, -0.05) is 0 Å². The second-order valence-corrected chi connectivity index (χ2v) is 7.89. The number of carboxylic acid groups (broad SMARTS) is 2. The number of nitrogens with zero attached hydrogens (tertiary/aromatic N) is 1. The lowest BCUT2D eigenvalue weighted by Crippen LogP contribution is -2.70. The number of rotatable bonds is 12. The summed E-state index contributed by atoms with van der Waals surface area (Å²) in [6, 6.07) is -4.02. The molecular formula is C19H32N4O11. The van der Waals surface area contributed by atoms with Crippen LogP contribution in [0.15, 0.2) is 0 Å². The van der Waals surface area contributed by atoms with E-state index in [4.69, 9.17) is 31.2 Å². The fourth-order valence-corrected chi connectivity index (χ4v) is 3.46. The van der Waals surface area contributed by atoms with E-state index in [9.17, 15) is 34.2 Å². The van der Waals surface area contributed by atoms with Crippen LogP contribution < -0.4 is 16.8 Å². The van der Waals surface area contributed by atoms with Crippen LogP contribution in [0, 0.1) is 0 Å². The van der Waals surface area contributed by atoms with Crippen molar-refractivity contribution in [2.24, 2.45) is 11.5 Å². The van der Waals surface area contributed by atoms with E-state index in [-0.39, 0.29) is 6.42 Å². The Bertz CT molecular complexity index is 779. The Morgan fingerprint density at radius 1 is 1.18 bits per heavy atom. The molecule has 194 valence electrons. The molecule has 8 atom stereocenters. The molecule has 1 rings (SSSR count). The topological polar surface area (TPSA) is 252 Å². The maximum absolute atomic E-state index is 12.8. The van der Waals surface area contributed by atoms with Crippen molar-refractivity contribution in [1.29, 1.82) is 0 Å². The van der Waals surface area contributed by atoms with Gasteiger partial charge < -0.3 is 51.6 Å². The number of carbonyl (C=O) groups excluding carboxylic acids is 3. The summed E-state index contributed by atoms with van der Waals surface area (Å²) >= 11 is 0. The Hall–Kier alpha value is -2.85. The first kappa shape index (κ1) is 29.2. The highest BCUT2D eigenvalue weighted by molar-refractivity contribution is 5.91. The molecule has 1 saturated heterocycles. The lowest BCUT2D eigenvalue weighted by Gasteiger charge is -2.48. The van der Waals surface area contributed by atoms with Crippen LogP contribution in [-0.2, 0) is 33.4 Å². The van der Waals surface area contributed by atoms with Gasteiger partial charge in [0.05, 0.1) is 12.6 Å². The SMILES string of the molecule is CC(=O)N(C1O[C@@H](CO)[C@H](O)[C@@H](O[C@@H](C)C(=O)O)[C@@H]1N)[C@@H](C)C(=O)N[C@H](CCC(=O)O)C(N)=O. The van der Waals surface area contributed by atoms with Crippen molar-refractivity contribution in [3.05, 3.63) is 0 Å². The number of nitrogens with two attached hydrogens (primary N) is 2. The van der Waals surface area contributed by atoms with Crippen molar-refractivity contribution >= 4 is 29.7 Å². The van der Waals surface area contributed by atoms with Crippen LogP contribution >= 0.6 is 0 Å². The minimum absolute atomic E-state index is 0.287. The van der Waals surface area contributed by atoms with Gasteiger partial charge in [0.1, 0.15) is 30.4 Å². The molecule has 9 N–H and O–H groups in total. The van der Waals surface area contributed by atoms with Gasteiger partial charge >= 0.3 is 11.9 Å². The smallest absolute Gasteiger partial charge is 0.332 e. The lowest BCUT2D eigenvalue weighted by atomic mass is 9.94. The molecule has 0 saturated carbocycles. The minimum atomic E-state index is -1.55. The monoisotopic (exact) mass is 492 g/mol. The summed E-state index contributed by atoms with van der Waals surface area (Å²) in [7, 11) is 0. The normalized spacial score (nSPS) is 27.2. The number of aliphatic hydroxyl groups excluding tert-OH is 2. The summed E-state index contributed by atoms with van der Waals surface area (Å²) in [4.78, 5) is 59.7. The van der Waals surface area contributed by atoms with E-state index >= 15 is 0 Å². The van der Waals surface area contributed by atoms with Crippen molar-refractivity contribution in [2.45, 2.75) is 82.4 Å². The molecule has 0 aromatic heterocycles. The van der Waals surface area contributed by atoms with E-state index in [1.54, 1.807) is 0 Å². The highest BCUT2D eigenvalue weighted by atomic mass is 16.6. The summed E-state index contributed by atoms with van der Waals surface area (Å²) in [5.74, 6) is -5.15. The molecule has 1 unspecified atom stereocenters. The molecule has 0 aliphatic carbocycles. The third-order valence-electron chi connectivity index (χ3n) is 5.37. The molecule has 1 fully saturated rings. The molecule has 15 heteroatoms. The number of primary amides is 1. The molecule has 1 aliphatic heterocycles. The third-order valence-corrected chi connectivity index (χ3v) is 5.37. The molecular weight excluding hydrogens is 460 g/mol. The summed E-state index contributed by atoms with van der Waals surface area (Å²) in [5.41, 5.74) is 11.4. The van der Waals surface area contributed by atoms with E-state index in [2.05, 4.69) is 5.32 Å².